The average molecular weight is 624 g/mol. The summed E-state index contributed by atoms with van der Waals surface area (Å²) in [5.41, 5.74) is 5.93. The zero-order valence-corrected chi connectivity index (χ0v) is 29.6. The molecule has 0 N–H and O–H groups in total. The van der Waals surface area contributed by atoms with E-state index in [2.05, 4.69) is 23.1 Å². The van der Waals surface area contributed by atoms with Crippen molar-refractivity contribution in [1.29, 1.82) is 0 Å². The molecule has 0 aromatic rings. The highest BCUT2D eigenvalue weighted by Gasteiger charge is 2.39. The zero-order valence-electron chi connectivity index (χ0n) is 26.6. The van der Waals surface area contributed by atoms with Crippen LogP contribution in [-0.2, 0) is 39.8 Å². The first-order valence-electron chi connectivity index (χ1n) is 14.8. The van der Waals surface area contributed by atoms with Crippen LogP contribution in [0.2, 0.25) is 0 Å². The van der Waals surface area contributed by atoms with Crippen molar-refractivity contribution < 1.29 is 39.8 Å². The Morgan fingerprint density at radius 3 is 0.675 bits per heavy atom. The van der Waals surface area contributed by atoms with Gasteiger partial charge in [-0.1, -0.05) is 18.2 Å². The Balaban J connectivity index is 6.03. The lowest BCUT2D eigenvalue weighted by atomic mass is 10.4. The van der Waals surface area contributed by atoms with Crippen molar-refractivity contribution in [3.05, 3.63) is 35.3 Å². The molecule has 0 aliphatic carbocycles. The smallest absolute Gasteiger partial charge is 0.371 e. The second-order valence-corrected chi connectivity index (χ2v) is 15.4. The molecular weight excluding hydrogens is 567 g/mol. The van der Waals surface area contributed by atoms with Crippen molar-refractivity contribution in [3.8, 4) is 0 Å². The Labute approximate surface area is 247 Å². The number of hydrogen-bond donors (Lipinski definition) is 0. The van der Waals surface area contributed by atoms with E-state index in [-0.39, 0.29) is 0 Å². The molecule has 0 rings (SSSR count). The van der Waals surface area contributed by atoms with Crippen LogP contribution in [0.3, 0.4) is 0 Å². The first kappa shape index (κ1) is 39.5. The van der Waals surface area contributed by atoms with Crippen LogP contribution < -0.4 is 0 Å². The molecule has 0 bridgehead atoms. The minimum absolute atomic E-state index is 0.518. The molecule has 0 fully saturated rings. The van der Waals surface area contributed by atoms with Gasteiger partial charge in [-0.3, -0.25) is 4.90 Å². The molecule has 0 aliphatic heterocycles. The van der Waals surface area contributed by atoms with Gasteiger partial charge in [0.15, 0.2) is 0 Å². The molecule has 40 heavy (non-hydrogen) atoms. The molecule has 0 saturated heterocycles. The maximum atomic E-state index is 5.98. The first-order chi connectivity index (χ1) is 19.3. The molecule has 13 heteroatoms. The molecular formula is C27H57NO9Si3. The predicted octanol–water partition coefficient (Wildman–Crippen LogP) is 4.72. The van der Waals surface area contributed by atoms with Crippen LogP contribution in [0, 0.1) is 0 Å². The lowest BCUT2D eigenvalue weighted by Gasteiger charge is -2.27. The standard InChI is InChI=1S/C27H57NO9Si3/c1-10-29-38(30-11-2,31-12-3)25-19-22-28(23-20-26-39(32-13-4,33-14-5)34-15-6)24-21-27-40(35-16-7,36-17-8)37-18-9/h19-21,25-27H,10-18,22-24H2,1-9H3. The predicted molar refractivity (Wildman–Crippen MR) is 166 cm³/mol. The minimum Gasteiger partial charge on any atom is -0.371 e. The van der Waals surface area contributed by atoms with Gasteiger partial charge in [0.05, 0.1) is 0 Å². The molecule has 0 aromatic carbocycles. The monoisotopic (exact) mass is 623 g/mol. The third-order valence-electron chi connectivity index (χ3n) is 5.17. The van der Waals surface area contributed by atoms with E-state index in [0.29, 0.717) is 79.1 Å². The summed E-state index contributed by atoms with van der Waals surface area (Å²) >= 11 is 0. The Morgan fingerprint density at radius 2 is 0.525 bits per heavy atom. The third-order valence-corrected chi connectivity index (χ3v) is 13.3. The van der Waals surface area contributed by atoms with Gasteiger partial charge in [-0.05, 0) is 79.4 Å². The molecule has 0 saturated carbocycles. The minimum atomic E-state index is -2.90. The normalized spacial score (nSPS) is 13.7. The van der Waals surface area contributed by atoms with Gasteiger partial charge in [-0.15, -0.1) is 0 Å². The summed E-state index contributed by atoms with van der Waals surface area (Å²) in [6, 6.07) is 0. The summed E-state index contributed by atoms with van der Waals surface area (Å²) in [5.74, 6) is 0. The van der Waals surface area contributed by atoms with Gasteiger partial charge >= 0.3 is 26.4 Å². The fraction of sp³-hybridized carbons (Fsp3) is 0.778. The summed E-state index contributed by atoms with van der Waals surface area (Å²) in [7, 11) is -8.70. The van der Waals surface area contributed by atoms with E-state index in [4.69, 9.17) is 39.8 Å². The summed E-state index contributed by atoms with van der Waals surface area (Å²) in [6.45, 7) is 24.1. The summed E-state index contributed by atoms with van der Waals surface area (Å²) < 4.78 is 53.8. The van der Waals surface area contributed by atoms with Crippen molar-refractivity contribution in [1.82, 2.24) is 4.90 Å². The van der Waals surface area contributed by atoms with E-state index >= 15 is 0 Å². The van der Waals surface area contributed by atoms with Crippen LogP contribution in [0.5, 0.6) is 0 Å². The maximum absolute atomic E-state index is 5.98. The number of nitrogens with zero attached hydrogens (tertiary/aromatic N) is 1. The molecule has 0 aliphatic rings. The fourth-order valence-electron chi connectivity index (χ4n) is 3.88. The number of hydrogen-bond acceptors (Lipinski definition) is 10. The van der Waals surface area contributed by atoms with Gasteiger partial charge in [0, 0.05) is 79.1 Å². The molecule has 10 nitrogen and oxygen atoms in total. The highest BCUT2D eigenvalue weighted by atomic mass is 28.4. The van der Waals surface area contributed by atoms with Crippen molar-refractivity contribution in [3.63, 3.8) is 0 Å². The van der Waals surface area contributed by atoms with Crippen molar-refractivity contribution in [2.24, 2.45) is 0 Å². The molecule has 0 radical (unpaired) electrons. The molecule has 0 aromatic heterocycles. The molecule has 0 heterocycles. The van der Waals surface area contributed by atoms with E-state index in [1.165, 1.54) is 0 Å². The topological polar surface area (TPSA) is 86.3 Å². The lowest BCUT2D eigenvalue weighted by molar-refractivity contribution is 0.0834. The average Bonchev–Trinajstić information content (AvgIpc) is 2.90. The Morgan fingerprint density at radius 1 is 0.350 bits per heavy atom. The van der Waals surface area contributed by atoms with Gasteiger partial charge in [-0.2, -0.15) is 0 Å². The molecule has 236 valence electrons. The number of rotatable bonds is 27. The van der Waals surface area contributed by atoms with Crippen LogP contribution in [0.15, 0.2) is 35.3 Å². The lowest BCUT2D eigenvalue weighted by Crippen LogP contribution is -2.45. The molecule has 0 spiro atoms. The second kappa shape index (κ2) is 24.0. The Bertz CT molecular complexity index is 557. The van der Waals surface area contributed by atoms with E-state index in [0.717, 1.165) is 0 Å². The largest absolute Gasteiger partial charge is 0.529 e. The van der Waals surface area contributed by atoms with Crippen LogP contribution in [0.4, 0.5) is 0 Å². The molecule has 0 unspecified atom stereocenters. The molecule has 0 atom stereocenters. The van der Waals surface area contributed by atoms with Gasteiger partial charge < -0.3 is 39.8 Å². The fourth-order valence-corrected chi connectivity index (χ4v) is 10.3. The SMILES string of the molecule is CCO[Si](C=CCN(CC=C[Si](OCC)(OCC)OCC)CC=C[Si](OCC)(OCC)OCC)(OCC)OCC. The highest BCUT2D eigenvalue weighted by molar-refractivity contribution is 6.67. The summed E-state index contributed by atoms with van der Waals surface area (Å²) in [6.07, 6.45) is 6.18. The van der Waals surface area contributed by atoms with Crippen LogP contribution in [-0.4, -0.2) is 110 Å². The Kier molecular flexibility index (Phi) is 23.7. The van der Waals surface area contributed by atoms with E-state index < -0.39 is 26.4 Å². The first-order valence-corrected chi connectivity index (χ1v) is 20.2. The van der Waals surface area contributed by atoms with Gasteiger partial charge in [0.1, 0.15) is 0 Å². The van der Waals surface area contributed by atoms with Crippen molar-refractivity contribution in [2.45, 2.75) is 62.3 Å². The van der Waals surface area contributed by atoms with E-state index in [9.17, 15) is 0 Å². The summed E-state index contributed by atoms with van der Waals surface area (Å²) in [4.78, 5) is 2.25. The van der Waals surface area contributed by atoms with E-state index in [1.54, 1.807) is 0 Å². The quantitative estimate of drug-likeness (QED) is 0.120. The highest BCUT2D eigenvalue weighted by Crippen LogP contribution is 2.15. The second-order valence-electron chi connectivity index (χ2n) is 8.13. The van der Waals surface area contributed by atoms with Crippen LogP contribution >= 0.6 is 0 Å². The van der Waals surface area contributed by atoms with Crippen molar-refractivity contribution in [2.75, 3.05) is 79.1 Å². The summed E-state index contributed by atoms with van der Waals surface area (Å²) in [5, 5.41) is 0. The van der Waals surface area contributed by atoms with Gasteiger partial charge in [0.25, 0.3) is 0 Å². The van der Waals surface area contributed by atoms with Gasteiger partial charge in [0.2, 0.25) is 0 Å². The molecule has 0 amide bonds. The third kappa shape index (κ3) is 15.6. The van der Waals surface area contributed by atoms with Gasteiger partial charge in [-0.25, -0.2) is 0 Å². The van der Waals surface area contributed by atoms with Crippen LogP contribution in [0.25, 0.3) is 0 Å². The van der Waals surface area contributed by atoms with Crippen LogP contribution in [0.1, 0.15) is 62.3 Å². The maximum Gasteiger partial charge on any atom is 0.529 e. The van der Waals surface area contributed by atoms with E-state index in [1.807, 2.05) is 79.4 Å². The Hall–Kier alpha value is -0.529. The van der Waals surface area contributed by atoms with Crippen molar-refractivity contribution >= 4 is 26.4 Å². The zero-order chi connectivity index (χ0) is 30.2.